The first-order valence-corrected chi connectivity index (χ1v) is 7.79. The summed E-state index contributed by atoms with van der Waals surface area (Å²) < 4.78 is 5.65. The smallest absolute Gasteiger partial charge is 0.319 e. The first-order valence-electron chi connectivity index (χ1n) is 7.79. The van der Waals surface area contributed by atoms with Crippen molar-refractivity contribution in [2.45, 2.75) is 45.6 Å². The van der Waals surface area contributed by atoms with Crippen molar-refractivity contribution in [3.05, 3.63) is 39.9 Å². The Bertz CT molecular complexity index is 688. The van der Waals surface area contributed by atoms with Crippen molar-refractivity contribution in [2.75, 3.05) is 0 Å². The third-order valence-electron chi connectivity index (χ3n) is 5.14. The Kier molecular flexibility index (Phi) is 3.50. The third kappa shape index (κ3) is 2.24. The molecule has 23 heavy (non-hydrogen) atoms. The zero-order chi connectivity index (χ0) is 16.8. The van der Waals surface area contributed by atoms with E-state index in [0.717, 1.165) is 12.8 Å². The van der Waals surface area contributed by atoms with Crippen molar-refractivity contribution in [3.8, 4) is 0 Å². The van der Waals surface area contributed by atoms with E-state index in [1.165, 1.54) is 12.1 Å². The Morgan fingerprint density at radius 3 is 2.48 bits per heavy atom. The molecule has 6 nitrogen and oxygen atoms in total. The zero-order valence-electron chi connectivity index (χ0n) is 13.2. The maximum Gasteiger partial charge on any atom is 0.319 e. The SMILES string of the molecule is CC1(C)C(=O)O[C@H](c2cccc([N+](=O)[O-])c2)C2(CCCC2)C1=O. The molecule has 122 valence electrons. The summed E-state index contributed by atoms with van der Waals surface area (Å²) in [4.78, 5) is 35.9. The summed E-state index contributed by atoms with van der Waals surface area (Å²) in [5.74, 6) is -0.660. The molecule has 0 aromatic heterocycles. The summed E-state index contributed by atoms with van der Waals surface area (Å²) in [6, 6.07) is 6.05. The molecule has 0 N–H and O–H groups in total. The van der Waals surface area contributed by atoms with Crippen molar-refractivity contribution >= 4 is 17.4 Å². The summed E-state index contributed by atoms with van der Waals surface area (Å²) in [6.45, 7) is 3.20. The van der Waals surface area contributed by atoms with Crippen LogP contribution in [0.1, 0.15) is 51.2 Å². The Balaban J connectivity index is 2.10. The second-order valence-electron chi connectivity index (χ2n) is 6.95. The van der Waals surface area contributed by atoms with E-state index in [4.69, 9.17) is 4.74 Å². The number of Topliss-reactive ketones (excluding diaryl/α,β-unsaturated/α-hetero) is 1. The van der Waals surface area contributed by atoms with Crippen LogP contribution in [0.2, 0.25) is 0 Å². The molecule has 1 saturated carbocycles. The zero-order valence-corrected chi connectivity index (χ0v) is 13.2. The van der Waals surface area contributed by atoms with Crippen molar-refractivity contribution in [1.29, 1.82) is 0 Å². The van der Waals surface area contributed by atoms with Crippen LogP contribution in [0, 0.1) is 20.9 Å². The molecule has 0 unspecified atom stereocenters. The van der Waals surface area contributed by atoms with Crippen molar-refractivity contribution in [2.24, 2.45) is 10.8 Å². The number of ether oxygens (including phenoxy) is 1. The molecule has 2 fully saturated rings. The lowest BCUT2D eigenvalue weighted by Gasteiger charge is -2.45. The number of nitrogens with zero attached hydrogens (tertiary/aromatic N) is 1. The minimum absolute atomic E-state index is 0.0658. The summed E-state index contributed by atoms with van der Waals surface area (Å²) in [5.41, 5.74) is -1.46. The van der Waals surface area contributed by atoms with Gasteiger partial charge in [0.25, 0.3) is 5.69 Å². The number of nitro benzene ring substituents is 1. The first-order chi connectivity index (χ1) is 10.8. The molecule has 0 amide bonds. The number of benzene rings is 1. The topological polar surface area (TPSA) is 86.5 Å². The Morgan fingerprint density at radius 2 is 1.87 bits per heavy atom. The van der Waals surface area contributed by atoms with Crippen LogP contribution in [0.5, 0.6) is 0 Å². The molecule has 1 heterocycles. The van der Waals surface area contributed by atoms with Crippen LogP contribution < -0.4 is 0 Å². The van der Waals surface area contributed by atoms with E-state index in [2.05, 4.69) is 0 Å². The fourth-order valence-corrected chi connectivity index (χ4v) is 3.88. The van der Waals surface area contributed by atoms with E-state index in [9.17, 15) is 19.7 Å². The van der Waals surface area contributed by atoms with Crippen LogP contribution in [0.4, 0.5) is 5.69 Å². The van der Waals surface area contributed by atoms with E-state index in [1.807, 2.05) is 0 Å². The van der Waals surface area contributed by atoms with Crippen LogP contribution in [-0.2, 0) is 14.3 Å². The Hall–Kier alpha value is -2.24. The number of ketones is 1. The molecule has 1 saturated heterocycles. The molecule has 2 aliphatic rings. The number of hydrogen-bond donors (Lipinski definition) is 0. The molecule has 1 atom stereocenters. The van der Waals surface area contributed by atoms with E-state index in [0.29, 0.717) is 18.4 Å². The second kappa shape index (κ2) is 5.15. The van der Waals surface area contributed by atoms with Crippen LogP contribution >= 0.6 is 0 Å². The van der Waals surface area contributed by atoms with Gasteiger partial charge in [0.05, 0.1) is 10.3 Å². The Morgan fingerprint density at radius 1 is 1.22 bits per heavy atom. The standard InChI is InChI=1S/C17H19NO5/c1-16(2)14(19)17(8-3-4-9-17)13(23-15(16)20)11-6-5-7-12(10-11)18(21)22/h5-7,10,13H,3-4,8-9H2,1-2H3/t13-/m1/s1. The minimum Gasteiger partial charge on any atom is -0.456 e. The molecule has 1 aliphatic heterocycles. The average Bonchev–Trinajstić information content (AvgIpc) is 3.00. The van der Waals surface area contributed by atoms with Crippen LogP contribution in [0.3, 0.4) is 0 Å². The van der Waals surface area contributed by atoms with Gasteiger partial charge in [-0.25, -0.2) is 0 Å². The predicted octanol–water partition coefficient (Wildman–Crippen LogP) is 3.35. The lowest BCUT2D eigenvalue weighted by atomic mass is 9.64. The third-order valence-corrected chi connectivity index (χ3v) is 5.14. The molecular weight excluding hydrogens is 298 g/mol. The minimum atomic E-state index is -1.17. The number of carbonyl (C=O) groups excluding carboxylic acids is 2. The van der Waals surface area contributed by atoms with Crippen molar-refractivity contribution < 1.29 is 19.2 Å². The number of esters is 1. The Labute approximate surface area is 134 Å². The summed E-state index contributed by atoms with van der Waals surface area (Å²) in [5, 5.41) is 11.0. The molecule has 0 bridgehead atoms. The maximum absolute atomic E-state index is 13.0. The van der Waals surface area contributed by atoms with E-state index < -0.39 is 27.8 Å². The molecule has 1 aliphatic carbocycles. The predicted molar refractivity (Wildman–Crippen MR) is 81.6 cm³/mol. The quantitative estimate of drug-likeness (QED) is 0.361. The van der Waals surface area contributed by atoms with Gasteiger partial charge in [0.2, 0.25) is 0 Å². The van der Waals surface area contributed by atoms with E-state index in [1.54, 1.807) is 26.0 Å². The molecule has 6 heteroatoms. The number of rotatable bonds is 2. The molecule has 1 aromatic carbocycles. The average molecular weight is 317 g/mol. The largest absolute Gasteiger partial charge is 0.456 e. The molecule has 0 radical (unpaired) electrons. The van der Waals surface area contributed by atoms with Crippen molar-refractivity contribution in [3.63, 3.8) is 0 Å². The molecule has 1 spiro atoms. The van der Waals surface area contributed by atoms with Crippen LogP contribution in [0.25, 0.3) is 0 Å². The normalized spacial score (nSPS) is 25.4. The fraction of sp³-hybridized carbons (Fsp3) is 0.529. The van der Waals surface area contributed by atoms with Gasteiger partial charge in [-0.3, -0.25) is 19.7 Å². The van der Waals surface area contributed by atoms with E-state index in [-0.39, 0.29) is 11.5 Å². The van der Waals surface area contributed by atoms with Gasteiger partial charge in [-0.15, -0.1) is 0 Å². The summed E-state index contributed by atoms with van der Waals surface area (Å²) >= 11 is 0. The highest BCUT2D eigenvalue weighted by atomic mass is 16.6. The molecule has 3 rings (SSSR count). The van der Waals surface area contributed by atoms with Gasteiger partial charge < -0.3 is 4.74 Å². The lowest BCUT2D eigenvalue weighted by molar-refractivity contribution is -0.385. The van der Waals surface area contributed by atoms with Crippen LogP contribution in [-0.4, -0.2) is 16.7 Å². The molecule has 1 aromatic rings. The number of non-ortho nitro benzene ring substituents is 1. The second-order valence-corrected chi connectivity index (χ2v) is 6.95. The maximum atomic E-state index is 13.0. The highest BCUT2D eigenvalue weighted by Crippen LogP contribution is 2.56. The molecular formula is C17H19NO5. The van der Waals surface area contributed by atoms with Gasteiger partial charge in [0.15, 0.2) is 5.78 Å². The lowest BCUT2D eigenvalue weighted by Crippen LogP contribution is -2.53. The monoisotopic (exact) mass is 317 g/mol. The number of nitro groups is 1. The van der Waals surface area contributed by atoms with E-state index >= 15 is 0 Å². The highest BCUT2D eigenvalue weighted by molar-refractivity contribution is 6.08. The van der Waals surface area contributed by atoms with Gasteiger partial charge in [-0.1, -0.05) is 25.0 Å². The number of cyclic esters (lactones) is 1. The van der Waals surface area contributed by atoms with Gasteiger partial charge in [-0.2, -0.15) is 0 Å². The van der Waals surface area contributed by atoms with Gasteiger partial charge in [0, 0.05) is 17.7 Å². The number of hydrogen-bond acceptors (Lipinski definition) is 5. The highest BCUT2D eigenvalue weighted by Gasteiger charge is 2.61. The van der Waals surface area contributed by atoms with Gasteiger partial charge in [0.1, 0.15) is 11.5 Å². The van der Waals surface area contributed by atoms with Crippen LogP contribution in [0.15, 0.2) is 24.3 Å². The fourth-order valence-electron chi connectivity index (χ4n) is 3.88. The van der Waals surface area contributed by atoms with Gasteiger partial charge >= 0.3 is 5.97 Å². The van der Waals surface area contributed by atoms with Crippen molar-refractivity contribution in [1.82, 2.24) is 0 Å². The number of carbonyl (C=O) groups is 2. The summed E-state index contributed by atoms with van der Waals surface area (Å²) in [6.07, 6.45) is 2.35. The van der Waals surface area contributed by atoms with Gasteiger partial charge in [-0.05, 0) is 26.7 Å². The first kappa shape index (κ1) is 15.6. The summed E-state index contributed by atoms with van der Waals surface area (Å²) in [7, 11) is 0.